The summed E-state index contributed by atoms with van der Waals surface area (Å²) in [6.07, 6.45) is 0. The Morgan fingerprint density at radius 1 is 1.15 bits per heavy atom. The van der Waals surface area contributed by atoms with Crippen LogP contribution in [0.15, 0.2) is 40.8 Å². The van der Waals surface area contributed by atoms with E-state index in [1.807, 2.05) is 26.0 Å². The van der Waals surface area contributed by atoms with Gasteiger partial charge in [0.25, 0.3) is 0 Å². The zero-order chi connectivity index (χ0) is 14.7. The number of likely N-dealkylation sites (N-methyl/N-ethyl adjacent to an activating group) is 1. The molecule has 1 heterocycles. The van der Waals surface area contributed by atoms with Gasteiger partial charge in [0, 0.05) is 12.6 Å². The lowest BCUT2D eigenvalue weighted by atomic mass is 10.0. The highest BCUT2D eigenvalue weighted by atomic mass is 16.3. The highest BCUT2D eigenvalue weighted by Crippen LogP contribution is 2.26. The van der Waals surface area contributed by atoms with Crippen molar-refractivity contribution in [2.24, 2.45) is 5.73 Å². The summed E-state index contributed by atoms with van der Waals surface area (Å²) in [4.78, 5) is 2.26. The van der Waals surface area contributed by atoms with Gasteiger partial charge in [0.05, 0.1) is 6.04 Å². The standard InChI is InChI=1S/C17H24N2O/c1-12-7-5-6-8-15(12)11-19(4)17(14(3)18)16-10-9-13(2)20-16/h5-10,14,17H,11,18H2,1-4H3. The Bertz CT molecular complexity index is 560. The van der Waals surface area contributed by atoms with Crippen molar-refractivity contribution < 1.29 is 4.42 Å². The minimum Gasteiger partial charge on any atom is -0.465 e. The molecule has 0 aliphatic heterocycles. The molecule has 3 heteroatoms. The number of hydrogen-bond acceptors (Lipinski definition) is 3. The van der Waals surface area contributed by atoms with Gasteiger partial charge in [0.2, 0.25) is 0 Å². The van der Waals surface area contributed by atoms with Crippen LogP contribution in [0.5, 0.6) is 0 Å². The van der Waals surface area contributed by atoms with Crippen LogP contribution in [0.2, 0.25) is 0 Å². The van der Waals surface area contributed by atoms with Crippen LogP contribution in [0, 0.1) is 13.8 Å². The molecule has 1 aromatic heterocycles. The first-order valence-electron chi connectivity index (χ1n) is 7.05. The summed E-state index contributed by atoms with van der Waals surface area (Å²) in [7, 11) is 2.10. The van der Waals surface area contributed by atoms with Crippen molar-refractivity contribution in [2.45, 2.75) is 39.4 Å². The Morgan fingerprint density at radius 3 is 2.40 bits per heavy atom. The van der Waals surface area contributed by atoms with Crippen LogP contribution >= 0.6 is 0 Å². The predicted octanol–water partition coefficient (Wildman–Crippen LogP) is 3.42. The molecule has 0 saturated heterocycles. The largest absolute Gasteiger partial charge is 0.465 e. The molecule has 20 heavy (non-hydrogen) atoms. The maximum atomic E-state index is 6.17. The van der Waals surface area contributed by atoms with Gasteiger partial charge in [-0.05, 0) is 51.1 Å². The Balaban J connectivity index is 2.20. The normalized spacial score (nSPS) is 14.5. The van der Waals surface area contributed by atoms with E-state index in [1.165, 1.54) is 11.1 Å². The lowest BCUT2D eigenvalue weighted by molar-refractivity contribution is 0.182. The first-order chi connectivity index (χ1) is 9.49. The number of rotatable bonds is 5. The minimum absolute atomic E-state index is 0.00886. The van der Waals surface area contributed by atoms with Crippen molar-refractivity contribution in [1.82, 2.24) is 4.90 Å². The Hall–Kier alpha value is -1.58. The van der Waals surface area contributed by atoms with Gasteiger partial charge in [-0.3, -0.25) is 4.90 Å². The van der Waals surface area contributed by atoms with Crippen molar-refractivity contribution >= 4 is 0 Å². The molecule has 0 fully saturated rings. The van der Waals surface area contributed by atoms with Gasteiger partial charge < -0.3 is 10.2 Å². The van der Waals surface area contributed by atoms with Crippen molar-refractivity contribution in [2.75, 3.05) is 7.05 Å². The van der Waals surface area contributed by atoms with Crippen LogP contribution in [0.1, 0.15) is 35.6 Å². The van der Waals surface area contributed by atoms with Gasteiger partial charge in [-0.15, -0.1) is 0 Å². The molecule has 2 atom stereocenters. The molecule has 108 valence electrons. The molecule has 2 rings (SSSR count). The molecule has 2 aromatic rings. The summed E-state index contributed by atoms with van der Waals surface area (Å²) in [5.74, 6) is 1.86. The van der Waals surface area contributed by atoms with Crippen molar-refractivity contribution in [1.29, 1.82) is 0 Å². The van der Waals surface area contributed by atoms with Crippen LogP contribution < -0.4 is 5.73 Å². The van der Waals surface area contributed by atoms with Gasteiger partial charge in [0.15, 0.2) is 0 Å². The van der Waals surface area contributed by atoms with Crippen LogP contribution in [-0.2, 0) is 6.54 Å². The third-order valence-corrected chi connectivity index (χ3v) is 3.71. The second-order valence-corrected chi connectivity index (χ2v) is 5.59. The van der Waals surface area contributed by atoms with E-state index >= 15 is 0 Å². The second-order valence-electron chi connectivity index (χ2n) is 5.59. The summed E-state index contributed by atoms with van der Waals surface area (Å²) in [6.45, 7) is 6.99. The number of benzene rings is 1. The fourth-order valence-electron chi connectivity index (χ4n) is 2.64. The van der Waals surface area contributed by atoms with Crippen molar-refractivity contribution in [3.8, 4) is 0 Å². The zero-order valence-electron chi connectivity index (χ0n) is 12.8. The zero-order valence-corrected chi connectivity index (χ0v) is 12.8. The number of hydrogen-bond donors (Lipinski definition) is 1. The molecule has 0 spiro atoms. The van der Waals surface area contributed by atoms with Crippen LogP contribution in [-0.4, -0.2) is 18.0 Å². The first kappa shape index (κ1) is 14.8. The van der Waals surface area contributed by atoms with Crippen LogP contribution in [0.25, 0.3) is 0 Å². The highest BCUT2D eigenvalue weighted by molar-refractivity contribution is 5.25. The maximum absolute atomic E-state index is 6.17. The highest BCUT2D eigenvalue weighted by Gasteiger charge is 2.24. The summed E-state index contributed by atoms with van der Waals surface area (Å²) in [5, 5.41) is 0. The van der Waals surface area contributed by atoms with E-state index in [0.717, 1.165) is 18.1 Å². The molecule has 3 nitrogen and oxygen atoms in total. The summed E-state index contributed by atoms with van der Waals surface area (Å²) in [5.41, 5.74) is 8.80. The van der Waals surface area contributed by atoms with Crippen LogP contribution in [0.4, 0.5) is 0 Å². The van der Waals surface area contributed by atoms with E-state index in [-0.39, 0.29) is 12.1 Å². The fraction of sp³-hybridized carbons (Fsp3) is 0.412. The van der Waals surface area contributed by atoms with Gasteiger partial charge in [-0.2, -0.15) is 0 Å². The molecule has 2 N–H and O–H groups in total. The molecule has 0 saturated carbocycles. The van der Waals surface area contributed by atoms with E-state index in [0.29, 0.717) is 0 Å². The Kier molecular flexibility index (Phi) is 4.63. The molecule has 0 aliphatic carbocycles. The fourth-order valence-corrected chi connectivity index (χ4v) is 2.64. The third kappa shape index (κ3) is 3.30. The smallest absolute Gasteiger partial charge is 0.122 e. The van der Waals surface area contributed by atoms with Crippen molar-refractivity contribution in [3.05, 3.63) is 59.0 Å². The number of furan rings is 1. The lowest BCUT2D eigenvalue weighted by Crippen LogP contribution is -2.36. The van der Waals surface area contributed by atoms with Gasteiger partial charge in [-0.25, -0.2) is 0 Å². The van der Waals surface area contributed by atoms with E-state index in [2.05, 4.69) is 43.1 Å². The van der Waals surface area contributed by atoms with Crippen molar-refractivity contribution in [3.63, 3.8) is 0 Å². The van der Waals surface area contributed by atoms with E-state index in [1.54, 1.807) is 0 Å². The quantitative estimate of drug-likeness (QED) is 0.907. The monoisotopic (exact) mass is 272 g/mol. The molecule has 0 bridgehead atoms. The second kappa shape index (κ2) is 6.25. The third-order valence-electron chi connectivity index (χ3n) is 3.71. The average molecular weight is 272 g/mol. The average Bonchev–Trinajstić information content (AvgIpc) is 2.78. The van der Waals surface area contributed by atoms with Crippen LogP contribution in [0.3, 0.4) is 0 Å². The molecule has 2 unspecified atom stereocenters. The summed E-state index contributed by atoms with van der Waals surface area (Å²) in [6, 6.07) is 12.6. The molecular weight excluding hydrogens is 248 g/mol. The molecule has 0 aliphatic rings. The number of nitrogens with two attached hydrogens (primary N) is 1. The topological polar surface area (TPSA) is 42.4 Å². The first-order valence-corrected chi connectivity index (χ1v) is 7.05. The molecular formula is C17H24N2O. The van der Waals surface area contributed by atoms with Gasteiger partial charge >= 0.3 is 0 Å². The number of nitrogens with zero attached hydrogens (tertiary/aromatic N) is 1. The van der Waals surface area contributed by atoms with Gasteiger partial charge in [-0.1, -0.05) is 24.3 Å². The lowest BCUT2D eigenvalue weighted by Gasteiger charge is -2.30. The molecule has 0 radical (unpaired) electrons. The minimum atomic E-state index is 0.00886. The molecule has 1 aromatic carbocycles. The Morgan fingerprint density at radius 2 is 1.85 bits per heavy atom. The number of aryl methyl sites for hydroxylation is 2. The SMILES string of the molecule is Cc1ccc(C(C(C)N)N(C)Cc2ccccc2C)o1. The molecule has 0 amide bonds. The summed E-state index contributed by atoms with van der Waals surface area (Å²) < 4.78 is 5.77. The maximum Gasteiger partial charge on any atom is 0.122 e. The van der Waals surface area contributed by atoms with E-state index in [9.17, 15) is 0 Å². The van der Waals surface area contributed by atoms with E-state index in [4.69, 9.17) is 10.2 Å². The van der Waals surface area contributed by atoms with Gasteiger partial charge in [0.1, 0.15) is 11.5 Å². The Labute approximate surface area is 121 Å². The van der Waals surface area contributed by atoms with E-state index < -0.39 is 0 Å². The summed E-state index contributed by atoms with van der Waals surface area (Å²) >= 11 is 0. The predicted molar refractivity (Wildman–Crippen MR) is 82.5 cm³/mol.